The van der Waals surface area contributed by atoms with Crippen molar-refractivity contribution in [3.05, 3.63) is 59.2 Å². The van der Waals surface area contributed by atoms with E-state index in [0.29, 0.717) is 25.3 Å². The van der Waals surface area contributed by atoms with Crippen LogP contribution in [0.4, 0.5) is 0 Å². The van der Waals surface area contributed by atoms with Crippen LogP contribution in [0.2, 0.25) is 0 Å². The molecule has 7 nitrogen and oxygen atoms in total. The number of amides is 2. The molecule has 0 aromatic heterocycles. The number of carbonyl (C=O) groups excluding carboxylic acids is 2. The van der Waals surface area contributed by atoms with Gasteiger partial charge in [0, 0.05) is 32.6 Å². The van der Waals surface area contributed by atoms with Crippen LogP contribution in [0.15, 0.2) is 42.5 Å². The van der Waals surface area contributed by atoms with Crippen molar-refractivity contribution in [2.24, 2.45) is 5.73 Å². The highest BCUT2D eigenvalue weighted by molar-refractivity contribution is 5.85. The number of benzene rings is 2. The van der Waals surface area contributed by atoms with Gasteiger partial charge in [-0.15, -0.1) is 0 Å². The molecule has 174 valence electrons. The van der Waals surface area contributed by atoms with Gasteiger partial charge >= 0.3 is 0 Å². The van der Waals surface area contributed by atoms with Gasteiger partial charge in [-0.25, -0.2) is 0 Å². The van der Waals surface area contributed by atoms with Gasteiger partial charge in [0.2, 0.25) is 18.6 Å². The lowest BCUT2D eigenvalue weighted by molar-refractivity contribution is -0.135. The zero-order chi connectivity index (χ0) is 23.2. The van der Waals surface area contributed by atoms with Gasteiger partial charge in [-0.1, -0.05) is 30.3 Å². The molecule has 2 aromatic rings. The Kier molecular flexibility index (Phi) is 5.52. The average molecular weight is 450 g/mol. The van der Waals surface area contributed by atoms with Crippen molar-refractivity contribution in [2.75, 3.05) is 34.0 Å². The minimum absolute atomic E-state index is 0.0188. The van der Waals surface area contributed by atoms with Crippen LogP contribution < -0.4 is 15.2 Å². The van der Waals surface area contributed by atoms with Gasteiger partial charge in [0.05, 0.1) is 12.0 Å². The lowest BCUT2D eigenvalue weighted by Crippen LogP contribution is -2.50. The molecule has 2 atom stereocenters. The van der Waals surface area contributed by atoms with Crippen LogP contribution in [-0.2, 0) is 21.4 Å². The summed E-state index contributed by atoms with van der Waals surface area (Å²) in [6.07, 6.45) is 2.97. The number of fused-ring (bicyclic) bond motifs is 3. The molecule has 0 bridgehead atoms. The second-order valence-electron chi connectivity index (χ2n) is 9.68. The third kappa shape index (κ3) is 3.84. The highest BCUT2D eigenvalue weighted by Gasteiger charge is 2.48. The first-order chi connectivity index (χ1) is 15.9. The number of likely N-dealkylation sites (N-methyl/N-ethyl adjacent to an activating group) is 1. The van der Waals surface area contributed by atoms with Crippen LogP contribution in [0, 0.1) is 0 Å². The zero-order valence-electron chi connectivity index (χ0n) is 19.3. The maximum absolute atomic E-state index is 13.1. The van der Waals surface area contributed by atoms with Gasteiger partial charge in [0.25, 0.3) is 0 Å². The number of piperidine rings is 1. The lowest BCUT2D eigenvalue weighted by Gasteiger charge is -2.41. The second kappa shape index (κ2) is 8.37. The van der Waals surface area contributed by atoms with E-state index in [9.17, 15) is 9.59 Å². The summed E-state index contributed by atoms with van der Waals surface area (Å²) in [5.41, 5.74) is 9.67. The molecule has 2 amide bonds. The fourth-order valence-corrected chi connectivity index (χ4v) is 5.70. The number of rotatable bonds is 4. The summed E-state index contributed by atoms with van der Waals surface area (Å²) >= 11 is 0. The van der Waals surface area contributed by atoms with E-state index in [-0.39, 0.29) is 29.9 Å². The van der Waals surface area contributed by atoms with Gasteiger partial charge in [-0.2, -0.15) is 0 Å². The molecule has 2 aliphatic heterocycles. The summed E-state index contributed by atoms with van der Waals surface area (Å²) in [7, 11) is 3.64. The molecule has 3 aliphatic rings. The first-order valence-corrected chi connectivity index (χ1v) is 11.6. The van der Waals surface area contributed by atoms with Crippen LogP contribution in [0.25, 0.3) is 0 Å². The van der Waals surface area contributed by atoms with Crippen LogP contribution in [0.1, 0.15) is 41.9 Å². The van der Waals surface area contributed by atoms with Gasteiger partial charge in [-0.05, 0) is 54.5 Å². The van der Waals surface area contributed by atoms with Crippen molar-refractivity contribution in [1.82, 2.24) is 9.80 Å². The minimum atomic E-state index is -0.599. The quantitative estimate of drug-likeness (QED) is 0.775. The molecule has 1 saturated heterocycles. The molecule has 1 aliphatic carbocycles. The second-order valence-corrected chi connectivity index (χ2v) is 9.68. The largest absolute Gasteiger partial charge is 0.454 e. The number of ether oxygens (including phenoxy) is 2. The van der Waals surface area contributed by atoms with Gasteiger partial charge < -0.3 is 25.0 Å². The topological polar surface area (TPSA) is 85.1 Å². The third-order valence-electron chi connectivity index (χ3n) is 7.48. The molecule has 33 heavy (non-hydrogen) atoms. The molecule has 0 saturated carbocycles. The number of likely N-dealkylation sites (tertiary alicyclic amines) is 1. The maximum atomic E-state index is 13.1. The Bertz CT molecular complexity index is 1070. The number of hydrogen-bond donors (Lipinski definition) is 1. The first-order valence-electron chi connectivity index (χ1n) is 11.6. The van der Waals surface area contributed by atoms with Crippen LogP contribution in [0.5, 0.6) is 11.5 Å². The van der Waals surface area contributed by atoms with E-state index in [1.54, 1.807) is 4.90 Å². The summed E-state index contributed by atoms with van der Waals surface area (Å²) < 4.78 is 10.8. The summed E-state index contributed by atoms with van der Waals surface area (Å²) in [4.78, 5) is 29.6. The van der Waals surface area contributed by atoms with Crippen molar-refractivity contribution in [3.8, 4) is 11.5 Å². The predicted molar refractivity (Wildman–Crippen MR) is 124 cm³/mol. The van der Waals surface area contributed by atoms with Crippen LogP contribution in [0.3, 0.4) is 0 Å². The molecular formula is C26H31N3O4. The molecule has 2 heterocycles. The van der Waals surface area contributed by atoms with E-state index >= 15 is 0 Å². The third-order valence-corrected chi connectivity index (χ3v) is 7.48. The van der Waals surface area contributed by atoms with Gasteiger partial charge in [0.15, 0.2) is 11.5 Å². The fourth-order valence-electron chi connectivity index (χ4n) is 5.70. The number of carbonyl (C=O) groups is 2. The molecule has 2 N–H and O–H groups in total. The lowest BCUT2D eigenvalue weighted by atomic mass is 9.73. The van der Waals surface area contributed by atoms with E-state index < -0.39 is 6.04 Å². The van der Waals surface area contributed by atoms with E-state index in [2.05, 4.69) is 18.2 Å². The number of nitrogens with zero attached hydrogens (tertiary/aromatic N) is 2. The zero-order valence-corrected chi connectivity index (χ0v) is 19.3. The van der Waals surface area contributed by atoms with Gasteiger partial charge in [0.1, 0.15) is 0 Å². The summed E-state index contributed by atoms with van der Waals surface area (Å²) in [6.45, 7) is 1.54. The Balaban J connectivity index is 1.26. The molecule has 2 aromatic carbocycles. The van der Waals surface area contributed by atoms with E-state index in [1.807, 2.05) is 43.3 Å². The van der Waals surface area contributed by atoms with Crippen molar-refractivity contribution in [3.63, 3.8) is 0 Å². The molecule has 1 spiro atoms. The molecular weight excluding hydrogens is 418 g/mol. The Morgan fingerprint density at radius 2 is 1.85 bits per heavy atom. The number of nitrogens with two attached hydrogens (primary N) is 1. The minimum Gasteiger partial charge on any atom is -0.454 e. The van der Waals surface area contributed by atoms with Gasteiger partial charge in [-0.3, -0.25) is 9.59 Å². The van der Waals surface area contributed by atoms with Crippen molar-refractivity contribution < 1.29 is 19.1 Å². The molecule has 1 fully saturated rings. The van der Waals surface area contributed by atoms with Crippen LogP contribution in [-0.4, -0.2) is 61.6 Å². The van der Waals surface area contributed by atoms with E-state index in [0.717, 1.165) is 36.1 Å². The average Bonchev–Trinajstić information content (AvgIpc) is 3.41. The fraction of sp³-hybridized carbons (Fsp3) is 0.462. The Labute approximate surface area is 194 Å². The SMILES string of the molecule is CN(C)C(=O)C1CC2(CCN(C(=O)C(N)Cc3ccc4c(c3)OCO4)CC2)c2ccccc21. The Morgan fingerprint density at radius 1 is 1.12 bits per heavy atom. The number of hydrogen-bond acceptors (Lipinski definition) is 5. The smallest absolute Gasteiger partial charge is 0.239 e. The highest BCUT2D eigenvalue weighted by atomic mass is 16.7. The summed E-state index contributed by atoms with van der Waals surface area (Å²) in [6, 6.07) is 13.4. The highest BCUT2D eigenvalue weighted by Crippen LogP contribution is 2.52. The summed E-state index contributed by atoms with van der Waals surface area (Å²) in [5.74, 6) is 1.46. The Morgan fingerprint density at radius 3 is 2.61 bits per heavy atom. The molecule has 0 radical (unpaired) electrons. The standard InChI is InChI=1S/C26H31N3O4/c1-28(2)24(30)19-15-26(20-6-4-3-5-18(19)20)9-11-29(12-10-26)25(31)21(27)13-17-7-8-22-23(14-17)33-16-32-22/h3-8,14,19,21H,9-13,15-16,27H2,1-2H3. The van der Waals surface area contributed by atoms with Crippen LogP contribution >= 0.6 is 0 Å². The van der Waals surface area contributed by atoms with Crippen molar-refractivity contribution in [1.29, 1.82) is 0 Å². The van der Waals surface area contributed by atoms with Crippen molar-refractivity contribution in [2.45, 2.75) is 43.1 Å². The normalized spacial score (nSPS) is 21.1. The molecule has 7 heteroatoms. The van der Waals surface area contributed by atoms with E-state index in [1.165, 1.54) is 5.56 Å². The Hall–Kier alpha value is -3.06. The predicted octanol–water partition coefficient (Wildman–Crippen LogP) is 2.42. The maximum Gasteiger partial charge on any atom is 0.239 e. The van der Waals surface area contributed by atoms with Crippen molar-refractivity contribution >= 4 is 11.8 Å². The first kappa shape index (κ1) is 21.8. The monoisotopic (exact) mass is 449 g/mol. The molecule has 5 rings (SSSR count). The summed E-state index contributed by atoms with van der Waals surface area (Å²) in [5, 5.41) is 0. The van der Waals surface area contributed by atoms with E-state index in [4.69, 9.17) is 15.2 Å². The molecule has 2 unspecified atom stereocenters.